The van der Waals surface area contributed by atoms with Crippen molar-refractivity contribution in [3.8, 4) is 0 Å². The summed E-state index contributed by atoms with van der Waals surface area (Å²) in [7, 11) is 1.91. The summed E-state index contributed by atoms with van der Waals surface area (Å²) in [6.45, 7) is 4.77. The van der Waals surface area contributed by atoms with E-state index in [1.54, 1.807) is 11.8 Å². The highest BCUT2D eigenvalue weighted by Gasteiger charge is 2.30. The Morgan fingerprint density at radius 1 is 1.25 bits per heavy atom. The van der Waals surface area contributed by atoms with Gasteiger partial charge in [-0.2, -0.15) is 0 Å². The fourth-order valence-electron chi connectivity index (χ4n) is 3.15. The second-order valence-electron chi connectivity index (χ2n) is 5.48. The molecule has 2 fully saturated rings. The number of anilines is 2. The number of likely N-dealkylation sites (tertiary alicyclic amines) is 1. The minimum atomic E-state index is 0.711. The van der Waals surface area contributed by atoms with E-state index in [0.717, 1.165) is 29.9 Å². The van der Waals surface area contributed by atoms with Gasteiger partial charge >= 0.3 is 0 Å². The molecular weight excluding hydrogens is 270 g/mol. The number of hydrogen-bond donors (Lipinski definition) is 1. The molecule has 0 amide bonds. The summed E-state index contributed by atoms with van der Waals surface area (Å²) in [5.74, 6) is 1.97. The Bertz CT molecular complexity index is 439. The number of nitrogens with one attached hydrogen (secondary N) is 1. The van der Waals surface area contributed by atoms with Crippen molar-refractivity contribution >= 4 is 23.4 Å². The second-order valence-corrected chi connectivity index (χ2v) is 6.25. The number of nitrogens with zero attached hydrogens (tertiary/aromatic N) is 4. The molecule has 110 valence electrons. The minimum Gasteiger partial charge on any atom is -0.373 e. The monoisotopic (exact) mass is 293 g/mol. The number of rotatable bonds is 4. The van der Waals surface area contributed by atoms with Gasteiger partial charge in [0.25, 0.3) is 0 Å². The number of aromatic nitrogens is 2. The average Bonchev–Trinajstić information content (AvgIpc) is 3.17. The molecule has 1 N–H and O–H groups in total. The predicted molar refractivity (Wildman–Crippen MR) is 84.8 cm³/mol. The Morgan fingerprint density at radius 3 is 2.75 bits per heavy atom. The molecule has 0 bridgehead atoms. The van der Waals surface area contributed by atoms with Crippen LogP contribution in [0.1, 0.15) is 19.3 Å². The van der Waals surface area contributed by atoms with Gasteiger partial charge in [0.2, 0.25) is 0 Å². The Hall–Kier alpha value is -1.01. The van der Waals surface area contributed by atoms with Crippen LogP contribution in [0.5, 0.6) is 0 Å². The van der Waals surface area contributed by atoms with Crippen LogP contribution in [0.15, 0.2) is 11.2 Å². The molecule has 5 nitrogen and oxygen atoms in total. The van der Waals surface area contributed by atoms with Gasteiger partial charge in [-0.25, -0.2) is 9.97 Å². The van der Waals surface area contributed by atoms with Gasteiger partial charge in [-0.15, -0.1) is 0 Å². The van der Waals surface area contributed by atoms with E-state index < -0.39 is 0 Å². The summed E-state index contributed by atoms with van der Waals surface area (Å²) in [6.07, 6.45) is 6.01. The number of hydrogen-bond acceptors (Lipinski definition) is 6. The Kier molecular flexibility index (Phi) is 4.31. The highest BCUT2D eigenvalue weighted by Crippen LogP contribution is 2.26. The smallest absolute Gasteiger partial charge is 0.191 e. The Morgan fingerprint density at radius 2 is 2.05 bits per heavy atom. The molecule has 1 atom stereocenters. The molecule has 0 spiro atoms. The predicted octanol–water partition coefficient (Wildman–Crippen LogP) is 1.91. The third-order valence-corrected chi connectivity index (χ3v) is 4.82. The van der Waals surface area contributed by atoms with Crippen LogP contribution < -0.4 is 10.2 Å². The molecule has 2 aliphatic rings. The van der Waals surface area contributed by atoms with E-state index in [9.17, 15) is 0 Å². The summed E-state index contributed by atoms with van der Waals surface area (Å²) >= 11 is 1.60. The van der Waals surface area contributed by atoms with Crippen LogP contribution in [0, 0.1) is 0 Å². The molecule has 0 saturated carbocycles. The molecule has 2 saturated heterocycles. The summed E-state index contributed by atoms with van der Waals surface area (Å²) in [5, 5.41) is 3.97. The molecular formula is C14H23N5S. The van der Waals surface area contributed by atoms with Crippen LogP contribution in [0.25, 0.3) is 0 Å². The molecule has 1 aromatic heterocycles. The fourth-order valence-corrected chi connectivity index (χ4v) is 3.52. The fraction of sp³-hybridized carbons (Fsp3) is 0.714. The van der Waals surface area contributed by atoms with Gasteiger partial charge in [-0.05, 0) is 38.6 Å². The van der Waals surface area contributed by atoms with Crippen LogP contribution in [-0.2, 0) is 0 Å². The van der Waals surface area contributed by atoms with Gasteiger partial charge in [-0.1, -0.05) is 11.8 Å². The van der Waals surface area contributed by atoms with Crippen molar-refractivity contribution in [1.82, 2.24) is 14.9 Å². The number of thioether (sulfide) groups is 1. The van der Waals surface area contributed by atoms with Gasteiger partial charge in [0, 0.05) is 32.2 Å². The van der Waals surface area contributed by atoms with Crippen LogP contribution >= 0.6 is 11.8 Å². The molecule has 0 aromatic carbocycles. The lowest BCUT2D eigenvalue weighted by atomic mass is 10.2. The molecule has 3 rings (SSSR count). The standard InChI is InChI=1S/C14H23N5S/c1-15-12-9-13(17-14(16-12)20-2)19-8-5-11(10-19)18-6-3-4-7-18/h9,11H,3-8,10H2,1-2H3,(H,15,16,17). The highest BCUT2D eigenvalue weighted by molar-refractivity contribution is 7.98. The first-order valence-corrected chi connectivity index (χ1v) is 8.62. The van der Waals surface area contributed by atoms with Crippen molar-refractivity contribution in [3.63, 3.8) is 0 Å². The lowest BCUT2D eigenvalue weighted by Crippen LogP contribution is -2.35. The molecule has 20 heavy (non-hydrogen) atoms. The van der Waals surface area contributed by atoms with Gasteiger partial charge in [0.1, 0.15) is 11.6 Å². The SMILES string of the molecule is CNc1cc(N2CCC(N3CCCC3)C2)nc(SC)n1. The van der Waals surface area contributed by atoms with Crippen LogP contribution in [0.2, 0.25) is 0 Å². The van der Waals surface area contributed by atoms with E-state index in [4.69, 9.17) is 0 Å². The summed E-state index contributed by atoms with van der Waals surface area (Å²) in [6, 6.07) is 2.77. The van der Waals surface area contributed by atoms with Crippen molar-refractivity contribution in [1.29, 1.82) is 0 Å². The maximum Gasteiger partial charge on any atom is 0.191 e. The quantitative estimate of drug-likeness (QED) is 0.676. The van der Waals surface area contributed by atoms with Gasteiger partial charge in [-0.3, -0.25) is 4.90 Å². The van der Waals surface area contributed by atoms with Crippen LogP contribution in [-0.4, -0.2) is 60.4 Å². The van der Waals surface area contributed by atoms with Crippen molar-refractivity contribution in [2.24, 2.45) is 0 Å². The Labute approximate surface area is 125 Å². The van der Waals surface area contributed by atoms with Crippen LogP contribution in [0.4, 0.5) is 11.6 Å². The third kappa shape index (κ3) is 2.86. The molecule has 6 heteroatoms. The molecule has 0 aliphatic carbocycles. The largest absolute Gasteiger partial charge is 0.373 e. The maximum atomic E-state index is 4.66. The Balaban J connectivity index is 1.73. The zero-order valence-corrected chi connectivity index (χ0v) is 13.1. The lowest BCUT2D eigenvalue weighted by molar-refractivity contribution is 0.260. The van der Waals surface area contributed by atoms with Crippen molar-refractivity contribution in [2.75, 3.05) is 49.7 Å². The van der Waals surface area contributed by atoms with E-state index in [2.05, 4.69) is 31.2 Å². The van der Waals surface area contributed by atoms with Crippen molar-refractivity contribution in [3.05, 3.63) is 6.07 Å². The summed E-state index contributed by atoms with van der Waals surface area (Å²) < 4.78 is 0. The van der Waals surface area contributed by atoms with Gasteiger partial charge in [0.15, 0.2) is 5.16 Å². The van der Waals surface area contributed by atoms with E-state index in [1.807, 2.05) is 13.3 Å². The molecule has 0 radical (unpaired) electrons. The first-order chi connectivity index (χ1) is 9.80. The first-order valence-electron chi connectivity index (χ1n) is 7.40. The molecule has 3 heterocycles. The minimum absolute atomic E-state index is 0.711. The van der Waals surface area contributed by atoms with Crippen LogP contribution in [0.3, 0.4) is 0 Å². The second kappa shape index (κ2) is 6.18. The zero-order chi connectivity index (χ0) is 13.9. The molecule has 1 aromatic rings. The lowest BCUT2D eigenvalue weighted by Gasteiger charge is -2.24. The van der Waals surface area contributed by atoms with Crippen molar-refractivity contribution in [2.45, 2.75) is 30.5 Å². The highest BCUT2D eigenvalue weighted by atomic mass is 32.2. The average molecular weight is 293 g/mol. The van der Waals surface area contributed by atoms with Crippen molar-refractivity contribution < 1.29 is 0 Å². The van der Waals surface area contributed by atoms with E-state index in [0.29, 0.717) is 6.04 Å². The van der Waals surface area contributed by atoms with Gasteiger partial charge in [0.05, 0.1) is 0 Å². The van der Waals surface area contributed by atoms with E-state index >= 15 is 0 Å². The zero-order valence-electron chi connectivity index (χ0n) is 12.3. The maximum absolute atomic E-state index is 4.66. The van der Waals surface area contributed by atoms with E-state index in [-0.39, 0.29) is 0 Å². The topological polar surface area (TPSA) is 44.3 Å². The summed E-state index contributed by atoms with van der Waals surface area (Å²) in [5.41, 5.74) is 0. The molecule has 1 unspecified atom stereocenters. The molecule has 2 aliphatic heterocycles. The summed E-state index contributed by atoms with van der Waals surface area (Å²) in [4.78, 5) is 14.2. The first kappa shape index (κ1) is 13.9. The normalized spacial score (nSPS) is 23.5. The van der Waals surface area contributed by atoms with E-state index in [1.165, 1.54) is 32.4 Å². The van der Waals surface area contributed by atoms with Gasteiger partial charge < -0.3 is 10.2 Å². The third-order valence-electron chi connectivity index (χ3n) is 4.28.